The van der Waals surface area contributed by atoms with E-state index in [1.807, 2.05) is 0 Å². The van der Waals surface area contributed by atoms with Crippen LogP contribution >= 0.6 is 0 Å². The molecule has 98 valence electrons. The molecule has 0 saturated heterocycles. The van der Waals surface area contributed by atoms with Crippen LogP contribution in [0.15, 0.2) is 58.8 Å². The first-order valence-corrected chi connectivity index (χ1v) is 8.71. The third-order valence-corrected chi connectivity index (χ3v) is 4.43. The topological polar surface area (TPSA) is 102 Å². The minimum atomic E-state index is -5.01. The van der Waals surface area contributed by atoms with Gasteiger partial charge in [-0.3, -0.25) is 0 Å². The molecule has 0 fully saturated rings. The fourth-order valence-corrected chi connectivity index (χ4v) is 2.89. The van der Waals surface area contributed by atoms with Crippen molar-refractivity contribution in [3.8, 4) is 5.75 Å². The normalized spacial score (nSPS) is 11.9. The molecule has 2 rings (SSSR count). The van der Waals surface area contributed by atoms with E-state index in [-0.39, 0.29) is 15.8 Å². The molecule has 19 heavy (non-hydrogen) atoms. The molecule has 0 amide bonds. The second-order valence-electron chi connectivity index (χ2n) is 3.75. The summed E-state index contributed by atoms with van der Waals surface area (Å²) in [6.45, 7) is 0. The Balaban J connectivity index is 2.34. The van der Waals surface area contributed by atoms with Gasteiger partial charge in [-0.15, -0.1) is 0 Å². The van der Waals surface area contributed by atoms with Crippen molar-refractivity contribution in [2.75, 3.05) is 0 Å². The number of azo groups is 1. The van der Waals surface area contributed by atoms with Gasteiger partial charge in [-0.1, -0.05) is 0 Å². The predicted molar refractivity (Wildman–Crippen MR) is 69.2 cm³/mol. The van der Waals surface area contributed by atoms with Crippen LogP contribution in [0.5, 0.6) is 5.75 Å². The molecule has 3 N–H and O–H groups in total. The van der Waals surface area contributed by atoms with Crippen molar-refractivity contribution < 1.29 is 17.0 Å². The van der Waals surface area contributed by atoms with E-state index in [2.05, 4.69) is 10.2 Å². The zero-order valence-corrected chi connectivity index (χ0v) is 11.6. The molecule has 0 radical (unpaired) electrons. The Hall–Kier alpha value is -1.88. The van der Waals surface area contributed by atoms with Crippen LogP contribution in [0.4, 0.5) is 11.4 Å². The van der Waals surface area contributed by atoms with E-state index in [1.54, 1.807) is 18.2 Å². The predicted octanol–water partition coefficient (Wildman–Crippen LogP) is 1.37. The fourth-order valence-electron chi connectivity index (χ4n) is 1.43. The Morgan fingerprint density at radius 2 is 1.53 bits per heavy atom. The molecule has 6 nitrogen and oxygen atoms in total. The molecule has 2 aromatic rings. The summed E-state index contributed by atoms with van der Waals surface area (Å²) in [4.78, 5) is 0. The second-order valence-corrected chi connectivity index (χ2v) is 7.04. The SMILES string of the molecule is O=[As](O)(O)c1ccccc1N=Nc1ccc(O)cc1. The number of nitrogens with zero attached hydrogens (tertiary/aromatic N) is 2. The summed E-state index contributed by atoms with van der Waals surface area (Å²) in [5.41, 5.74) is 0.619. The van der Waals surface area contributed by atoms with Crippen molar-refractivity contribution >= 4 is 29.9 Å². The summed E-state index contributed by atoms with van der Waals surface area (Å²) in [5, 5.41) is 16.8. The molecule has 7 heteroatoms. The summed E-state index contributed by atoms with van der Waals surface area (Å²) in [6.07, 6.45) is 0. The first-order chi connectivity index (χ1) is 8.97. The Kier molecular flexibility index (Phi) is 3.85. The quantitative estimate of drug-likeness (QED) is 0.586. The van der Waals surface area contributed by atoms with Crippen LogP contribution in [-0.4, -0.2) is 27.5 Å². The van der Waals surface area contributed by atoms with E-state index in [1.165, 1.54) is 30.3 Å². The Labute approximate surface area is 112 Å². The molecule has 0 saturated carbocycles. The van der Waals surface area contributed by atoms with Gasteiger partial charge in [0, 0.05) is 0 Å². The number of hydrogen-bond acceptors (Lipinski definition) is 4. The molecule has 2 aromatic carbocycles. The molecule has 0 aliphatic rings. The van der Waals surface area contributed by atoms with Crippen LogP contribution < -0.4 is 4.35 Å². The van der Waals surface area contributed by atoms with Gasteiger partial charge in [0.25, 0.3) is 0 Å². The van der Waals surface area contributed by atoms with Gasteiger partial charge in [-0.2, -0.15) is 0 Å². The first-order valence-electron chi connectivity index (χ1n) is 5.33. The maximum absolute atomic E-state index is 11.3. The van der Waals surface area contributed by atoms with Crippen molar-refractivity contribution in [2.45, 2.75) is 0 Å². The summed E-state index contributed by atoms with van der Waals surface area (Å²) in [6, 6.07) is 12.0. The standard InChI is InChI=1S/C12H11AsN2O4/c16-10-7-5-9(6-8-10)14-15-12-4-2-1-3-11(12)13(17,18)19/h1-8,16H,(H2,17,18,19). The molecule has 0 aliphatic carbocycles. The molecule has 0 aliphatic heterocycles. The number of hydrogen-bond donors (Lipinski definition) is 3. The summed E-state index contributed by atoms with van der Waals surface area (Å²) in [5.74, 6) is 0.109. The molecule has 0 spiro atoms. The number of rotatable bonds is 3. The van der Waals surface area contributed by atoms with E-state index in [4.69, 9.17) is 5.11 Å². The zero-order valence-electron chi connectivity index (χ0n) is 9.71. The molecule has 0 unspecified atom stereocenters. The summed E-state index contributed by atoms with van der Waals surface area (Å²) in [7, 11) is 0. The average molecular weight is 322 g/mol. The number of phenolic OH excluding ortho intramolecular Hbond substituents is 1. The third-order valence-electron chi connectivity index (χ3n) is 2.32. The van der Waals surface area contributed by atoms with Crippen LogP contribution in [0.25, 0.3) is 0 Å². The van der Waals surface area contributed by atoms with Crippen LogP contribution in [-0.2, 0) is 3.74 Å². The molecular weight excluding hydrogens is 311 g/mol. The molecule has 0 bridgehead atoms. The summed E-state index contributed by atoms with van der Waals surface area (Å²) >= 11 is -5.01. The van der Waals surface area contributed by atoms with Crippen LogP contribution in [0, 0.1) is 0 Å². The molecule has 0 aromatic heterocycles. The molecule has 0 heterocycles. The first kappa shape index (κ1) is 13.5. The van der Waals surface area contributed by atoms with E-state index in [0.717, 1.165) is 0 Å². The van der Waals surface area contributed by atoms with Gasteiger partial charge >= 0.3 is 111 Å². The minimum absolute atomic E-state index is 0.108. The van der Waals surface area contributed by atoms with Gasteiger partial charge in [0.2, 0.25) is 0 Å². The summed E-state index contributed by atoms with van der Waals surface area (Å²) < 4.78 is 29.7. The van der Waals surface area contributed by atoms with E-state index in [0.29, 0.717) is 5.69 Å². The second kappa shape index (κ2) is 5.40. The third kappa shape index (κ3) is 3.54. The van der Waals surface area contributed by atoms with Gasteiger partial charge in [-0.25, -0.2) is 0 Å². The Morgan fingerprint density at radius 3 is 2.16 bits per heavy atom. The van der Waals surface area contributed by atoms with Gasteiger partial charge < -0.3 is 0 Å². The Morgan fingerprint density at radius 1 is 0.895 bits per heavy atom. The fraction of sp³-hybridized carbons (Fsp3) is 0. The van der Waals surface area contributed by atoms with Crippen molar-refractivity contribution in [3.05, 3.63) is 48.5 Å². The molecule has 0 atom stereocenters. The monoisotopic (exact) mass is 322 g/mol. The number of phenols is 1. The number of benzene rings is 2. The van der Waals surface area contributed by atoms with Gasteiger partial charge in [0.15, 0.2) is 0 Å². The number of aromatic hydroxyl groups is 1. The Bertz CT molecular complexity index is 649. The van der Waals surface area contributed by atoms with Gasteiger partial charge in [0.05, 0.1) is 0 Å². The van der Waals surface area contributed by atoms with Crippen LogP contribution in [0.1, 0.15) is 0 Å². The van der Waals surface area contributed by atoms with E-state index >= 15 is 0 Å². The zero-order chi connectivity index (χ0) is 13.9. The van der Waals surface area contributed by atoms with Crippen molar-refractivity contribution in [1.29, 1.82) is 0 Å². The van der Waals surface area contributed by atoms with E-state index in [9.17, 15) is 11.9 Å². The van der Waals surface area contributed by atoms with Crippen molar-refractivity contribution in [1.82, 2.24) is 0 Å². The van der Waals surface area contributed by atoms with Crippen LogP contribution in [0.3, 0.4) is 0 Å². The van der Waals surface area contributed by atoms with Gasteiger partial charge in [0.1, 0.15) is 0 Å². The average Bonchev–Trinajstić information content (AvgIpc) is 2.37. The van der Waals surface area contributed by atoms with E-state index < -0.39 is 14.2 Å². The maximum atomic E-state index is 11.3. The van der Waals surface area contributed by atoms with Crippen molar-refractivity contribution in [3.63, 3.8) is 0 Å². The molecular formula is C12H11AsN2O4. The van der Waals surface area contributed by atoms with Gasteiger partial charge in [-0.05, 0) is 0 Å². The van der Waals surface area contributed by atoms with Crippen LogP contribution in [0.2, 0.25) is 0 Å². The van der Waals surface area contributed by atoms with Crippen molar-refractivity contribution in [2.24, 2.45) is 10.2 Å².